The highest BCUT2D eigenvalue weighted by molar-refractivity contribution is 7.71. The van der Waals surface area contributed by atoms with E-state index in [9.17, 15) is 4.39 Å². The molecule has 0 atom stereocenters. The number of nitrogens with zero attached hydrogens (tertiary/aromatic N) is 3. The van der Waals surface area contributed by atoms with Crippen LogP contribution in [0.25, 0.3) is 11.4 Å². The number of halogens is 1. The van der Waals surface area contributed by atoms with E-state index in [1.807, 2.05) is 18.2 Å². The molecule has 8 heteroatoms. The minimum Gasteiger partial charge on any atom is -0.493 e. The molecule has 1 heterocycles. The standard InChI is InChI=1S/C20H21FN4O2S/c1-13(2)12-27-17-8-7-14(9-18(17)26-3)11-22-25-19(23-24-20(25)28)15-5-4-6-16(21)10-15/h4-11,13H,12H2,1-3H3,(H,24,28)/b22-11-. The molecule has 0 aliphatic rings. The van der Waals surface area contributed by atoms with Crippen LogP contribution in [0, 0.1) is 16.5 Å². The molecule has 0 unspecified atom stereocenters. The zero-order valence-electron chi connectivity index (χ0n) is 15.8. The number of hydrogen-bond acceptors (Lipinski definition) is 5. The summed E-state index contributed by atoms with van der Waals surface area (Å²) in [6.07, 6.45) is 1.63. The third-order valence-electron chi connectivity index (χ3n) is 3.82. The van der Waals surface area contributed by atoms with Gasteiger partial charge in [-0.15, -0.1) is 0 Å². The average molecular weight is 400 g/mol. The van der Waals surface area contributed by atoms with Gasteiger partial charge in [0.15, 0.2) is 17.3 Å². The van der Waals surface area contributed by atoms with E-state index in [1.165, 1.54) is 16.8 Å². The van der Waals surface area contributed by atoms with Crippen LogP contribution in [0.3, 0.4) is 0 Å². The average Bonchev–Trinajstić information content (AvgIpc) is 3.05. The zero-order chi connectivity index (χ0) is 20.1. The van der Waals surface area contributed by atoms with E-state index in [0.717, 1.165) is 5.56 Å². The highest BCUT2D eigenvalue weighted by Crippen LogP contribution is 2.28. The number of rotatable bonds is 7. The lowest BCUT2D eigenvalue weighted by Gasteiger charge is -2.12. The first-order chi connectivity index (χ1) is 13.5. The summed E-state index contributed by atoms with van der Waals surface area (Å²) in [6, 6.07) is 11.6. The third-order valence-corrected chi connectivity index (χ3v) is 4.08. The number of nitrogens with one attached hydrogen (secondary N) is 1. The number of aromatic amines is 1. The molecule has 1 N–H and O–H groups in total. The van der Waals surface area contributed by atoms with Crippen LogP contribution in [0.2, 0.25) is 0 Å². The molecule has 6 nitrogen and oxygen atoms in total. The highest BCUT2D eigenvalue weighted by atomic mass is 32.1. The molecule has 0 radical (unpaired) electrons. The Kier molecular flexibility index (Phi) is 6.20. The van der Waals surface area contributed by atoms with Crippen LogP contribution in [0.4, 0.5) is 4.39 Å². The summed E-state index contributed by atoms with van der Waals surface area (Å²) in [5.74, 6) is 1.77. The Morgan fingerprint density at radius 3 is 2.79 bits per heavy atom. The van der Waals surface area contributed by atoms with Gasteiger partial charge in [0.1, 0.15) is 5.82 Å². The number of H-pyrrole nitrogens is 1. The van der Waals surface area contributed by atoms with Crippen molar-refractivity contribution in [2.24, 2.45) is 11.0 Å². The molecular formula is C20H21FN4O2S. The number of benzene rings is 2. The van der Waals surface area contributed by atoms with Gasteiger partial charge in [-0.3, -0.25) is 0 Å². The van der Waals surface area contributed by atoms with Gasteiger partial charge in [0.2, 0.25) is 4.77 Å². The second-order valence-electron chi connectivity index (χ2n) is 6.53. The molecule has 3 rings (SSSR count). The van der Waals surface area contributed by atoms with Crippen molar-refractivity contribution in [3.8, 4) is 22.9 Å². The van der Waals surface area contributed by atoms with Gasteiger partial charge in [0.25, 0.3) is 0 Å². The second kappa shape index (κ2) is 8.79. The van der Waals surface area contributed by atoms with Gasteiger partial charge in [0.05, 0.1) is 19.9 Å². The lowest BCUT2D eigenvalue weighted by atomic mass is 10.2. The van der Waals surface area contributed by atoms with E-state index in [4.69, 9.17) is 21.7 Å². The number of aromatic nitrogens is 3. The predicted octanol–water partition coefficient (Wildman–Crippen LogP) is 4.67. The molecule has 3 aromatic rings. The number of ether oxygens (including phenoxy) is 2. The molecule has 1 aromatic heterocycles. The Hall–Kier alpha value is -3.00. The van der Waals surface area contributed by atoms with Crippen LogP contribution in [-0.2, 0) is 0 Å². The molecule has 146 valence electrons. The largest absolute Gasteiger partial charge is 0.493 e. The monoisotopic (exact) mass is 400 g/mol. The Bertz CT molecular complexity index is 1040. The maximum atomic E-state index is 13.5. The van der Waals surface area contributed by atoms with Crippen molar-refractivity contribution in [2.45, 2.75) is 13.8 Å². The summed E-state index contributed by atoms with van der Waals surface area (Å²) in [6.45, 7) is 4.77. The number of hydrogen-bond donors (Lipinski definition) is 1. The van der Waals surface area contributed by atoms with Crippen molar-refractivity contribution in [1.29, 1.82) is 0 Å². The number of methoxy groups -OCH3 is 1. The third kappa shape index (κ3) is 4.64. The smallest absolute Gasteiger partial charge is 0.216 e. The predicted molar refractivity (Wildman–Crippen MR) is 109 cm³/mol. The van der Waals surface area contributed by atoms with E-state index in [0.29, 0.717) is 40.2 Å². The SMILES string of the molecule is COc1cc(/C=N\n2c(-c3cccc(F)c3)n[nH]c2=S)ccc1OCC(C)C. The molecule has 0 aliphatic carbocycles. The summed E-state index contributed by atoms with van der Waals surface area (Å²) in [5, 5.41) is 11.2. The summed E-state index contributed by atoms with van der Waals surface area (Å²) in [5.41, 5.74) is 1.36. The Balaban J connectivity index is 1.88. The van der Waals surface area contributed by atoms with Crippen molar-refractivity contribution < 1.29 is 13.9 Å². The van der Waals surface area contributed by atoms with Crippen molar-refractivity contribution in [1.82, 2.24) is 14.9 Å². The van der Waals surface area contributed by atoms with Crippen LogP contribution < -0.4 is 9.47 Å². The summed E-state index contributed by atoms with van der Waals surface area (Å²) >= 11 is 5.24. The van der Waals surface area contributed by atoms with Gasteiger partial charge >= 0.3 is 0 Å². The van der Waals surface area contributed by atoms with Gasteiger partial charge in [-0.25, -0.2) is 9.49 Å². The van der Waals surface area contributed by atoms with Crippen LogP contribution in [-0.4, -0.2) is 34.8 Å². The first-order valence-electron chi connectivity index (χ1n) is 8.76. The first kappa shape index (κ1) is 19.8. The molecule has 0 spiro atoms. The topological polar surface area (TPSA) is 64.4 Å². The molecule has 28 heavy (non-hydrogen) atoms. The Morgan fingerprint density at radius 2 is 2.07 bits per heavy atom. The van der Waals surface area contributed by atoms with E-state index < -0.39 is 0 Å². The fraction of sp³-hybridized carbons (Fsp3) is 0.250. The summed E-state index contributed by atoms with van der Waals surface area (Å²) in [7, 11) is 1.59. The van der Waals surface area contributed by atoms with Crippen LogP contribution in [0.5, 0.6) is 11.5 Å². The van der Waals surface area contributed by atoms with Gasteiger partial charge in [0, 0.05) is 5.56 Å². The van der Waals surface area contributed by atoms with Crippen molar-refractivity contribution in [3.05, 3.63) is 58.6 Å². The van der Waals surface area contributed by atoms with Gasteiger partial charge in [-0.1, -0.05) is 26.0 Å². The van der Waals surface area contributed by atoms with Gasteiger partial charge in [-0.05, 0) is 54.0 Å². The molecule has 0 saturated carbocycles. The molecule has 2 aromatic carbocycles. The maximum absolute atomic E-state index is 13.5. The Labute approximate surface area is 167 Å². The van der Waals surface area contributed by atoms with Crippen molar-refractivity contribution in [3.63, 3.8) is 0 Å². The van der Waals surface area contributed by atoms with Crippen molar-refractivity contribution in [2.75, 3.05) is 13.7 Å². The van der Waals surface area contributed by atoms with E-state index in [2.05, 4.69) is 29.1 Å². The second-order valence-corrected chi connectivity index (χ2v) is 6.92. The molecule has 0 saturated heterocycles. The minimum atomic E-state index is -0.358. The molecule has 0 fully saturated rings. The fourth-order valence-corrected chi connectivity index (χ4v) is 2.66. The summed E-state index contributed by atoms with van der Waals surface area (Å²) in [4.78, 5) is 0. The maximum Gasteiger partial charge on any atom is 0.216 e. The van der Waals surface area contributed by atoms with Crippen LogP contribution >= 0.6 is 12.2 Å². The quantitative estimate of drug-likeness (QED) is 0.462. The minimum absolute atomic E-state index is 0.305. The molecular weight excluding hydrogens is 379 g/mol. The van der Waals surface area contributed by atoms with E-state index >= 15 is 0 Å². The lowest BCUT2D eigenvalue weighted by Crippen LogP contribution is -2.05. The zero-order valence-corrected chi connectivity index (χ0v) is 16.7. The van der Waals surface area contributed by atoms with E-state index in [-0.39, 0.29) is 5.82 Å². The lowest BCUT2D eigenvalue weighted by molar-refractivity contribution is 0.257. The molecule has 0 bridgehead atoms. The van der Waals surface area contributed by atoms with Crippen LogP contribution in [0.1, 0.15) is 19.4 Å². The van der Waals surface area contributed by atoms with E-state index in [1.54, 1.807) is 25.5 Å². The highest BCUT2D eigenvalue weighted by Gasteiger charge is 2.10. The normalized spacial score (nSPS) is 11.3. The van der Waals surface area contributed by atoms with Gasteiger partial charge < -0.3 is 9.47 Å². The first-order valence-corrected chi connectivity index (χ1v) is 9.17. The Morgan fingerprint density at radius 1 is 1.25 bits per heavy atom. The molecule has 0 amide bonds. The summed E-state index contributed by atoms with van der Waals surface area (Å²) < 4.78 is 26.5. The van der Waals surface area contributed by atoms with Crippen LogP contribution in [0.15, 0.2) is 47.6 Å². The molecule has 0 aliphatic heterocycles. The fourth-order valence-electron chi connectivity index (χ4n) is 2.48. The van der Waals surface area contributed by atoms with Crippen molar-refractivity contribution >= 4 is 18.4 Å². The van der Waals surface area contributed by atoms with Gasteiger partial charge in [-0.2, -0.15) is 14.9 Å².